The van der Waals surface area contributed by atoms with Crippen molar-refractivity contribution in [2.24, 2.45) is 5.84 Å². The second-order valence-corrected chi connectivity index (χ2v) is 4.25. The minimum Gasteiger partial charge on any atom is -0.379 e. The van der Waals surface area contributed by atoms with Gasteiger partial charge in [-0.05, 0) is 0 Å². The number of rotatable bonds is 15. The summed E-state index contributed by atoms with van der Waals surface area (Å²) >= 11 is 0. The van der Waals surface area contributed by atoms with E-state index in [-0.39, 0.29) is 18.2 Å². The van der Waals surface area contributed by atoms with Crippen molar-refractivity contribution in [2.75, 3.05) is 59.4 Å². The molecule has 130 valence electrons. The molecule has 0 saturated carbocycles. The molecule has 0 fully saturated rings. The highest BCUT2D eigenvalue weighted by atomic mass is 16.6. The van der Waals surface area contributed by atoms with Crippen LogP contribution in [-0.4, -0.2) is 71.2 Å². The average Bonchev–Trinajstić information content (AvgIpc) is 2.50. The van der Waals surface area contributed by atoms with Crippen LogP contribution >= 0.6 is 0 Å². The first-order valence-corrected chi connectivity index (χ1v) is 7.21. The van der Waals surface area contributed by atoms with Crippen LogP contribution in [0.1, 0.15) is 13.3 Å². The van der Waals surface area contributed by atoms with E-state index in [4.69, 9.17) is 24.8 Å². The molecule has 0 rings (SSSR count). The van der Waals surface area contributed by atoms with Crippen LogP contribution in [0.25, 0.3) is 0 Å². The molecular formula is C13H27N3O6. The molecule has 2 amide bonds. The summed E-state index contributed by atoms with van der Waals surface area (Å²) in [4.78, 5) is 21.3. The number of nitrogens with two attached hydrogens (primary N) is 1. The van der Waals surface area contributed by atoms with E-state index in [1.165, 1.54) is 6.92 Å². The molecule has 0 heterocycles. The first-order valence-electron chi connectivity index (χ1n) is 7.21. The van der Waals surface area contributed by atoms with Crippen LogP contribution in [0.4, 0.5) is 0 Å². The van der Waals surface area contributed by atoms with E-state index in [1.54, 1.807) is 0 Å². The van der Waals surface area contributed by atoms with E-state index in [0.29, 0.717) is 59.4 Å². The summed E-state index contributed by atoms with van der Waals surface area (Å²) in [5.74, 6) is 4.60. The van der Waals surface area contributed by atoms with Crippen LogP contribution in [0.5, 0.6) is 0 Å². The molecule has 0 atom stereocenters. The van der Waals surface area contributed by atoms with E-state index in [1.807, 2.05) is 5.43 Å². The topological polar surface area (TPSA) is 121 Å². The van der Waals surface area contributed by atoms with Crippen molar-refractivity contribution in [2.45, 2.75) is 13.3 Å². The lowest BCUT2D eigenvalue weighted by atomic mass is 10.4. The number of nitrogens with one attached hydrogen (secondary N) is 2. The molecule has 0 unspecified atom stereocenters. The monoisotopic (exact) mass is 321 g/mol. The van der Waals surface area contributed by atoms with Crippen LogP contribution in [0.2, 0.25) is 0 Å². The standard InChI is InChI=1S/C13H27N3O6/c1-12(17)15-3-5-20-7-9-22-11-10-21-8-6-19-4-2-13(18)16-14/h2-11,14H2,1H3,(H,15,17)(H,16,18). The van der Waals surface area contributed by atoms with Gasteiger partial charge in [0.1, 0.15) is 0 Å². The summed E-state index contributed by atoms with van der Waals surface area (Å²) in [6.07, 6.45) is 0.238. The largest absolute Gasteiger partial charge is 0.379 e. The smallest absolute Gasteiger partial charge is 0.236 e. The third-order valence-electron chi connectivity index (χ3n) is 2.37. The van der Waals surface area contributed by atoms with E-state index >= 15 is 0 Å². The van der Waals surface area contributed by atoms with Crippen molar-refractivity contribution in [3.63, 3.8) is 0 Å². The summed E-state index contributed by atoms with van der Waals surface area (Å²) in [5, 5.41) is 2.63. The molecule has 0 spiro atoms. The Morgan fingerprint density at radius 2 is 1.27 bits per heavy atom. The highest BCUT2D eigenvalue weighted by Crippen LogP contribution is 1.85. The maximum atomic E-state index is 10.8. The highest BCUT2D eigenvalue weighted by molar-refractivity contribution is 5.75. The Kier molecular flexibility index (Phi) is 15.2. The normalized spacial score (nSPS) is 10.5. The van der Waals surface area contributed by atoms with Crippen molar-refractivity contribution in [3.05, 3.63) is 0 Å². The van der Waals surface area contributed by atoms with E-state index in [0.717, 1.165) is 0 Å². The fraction of sp³-hybridized carbons (Fsp3) is 0.846. The molecule has 22 heavy (non-hydrogen) atoms. The minimum atomic E-state index is -0.256. The molecule has 0 radical (unpaired) electrons. The molecule has 0 aromatic heterocycles. The maximum Gasteiger partial charge on any atom is 0.236 e. The first kappa shape index (κ1) is 20.7. The quantitative estimate of drug-likeness (QED) is 0.146. The molecule has 0 bridgehead atoms. The molecule has 9 nitrogen and oxygen atoms in total. The van der Waals surface area contributed by atoms with E-state index in [9.17, 15) is 9.59 Å². The Morgan fingerprint density at radius 3 is 1.73 bits per heavy atom. The fourth-order valence-electron chi connectivity index (χ4n) is 1.30. The predicted octanol–water partition coefficient (Wildman–Crippen LogP) is -1.43. The molecule has 0 aliphatic carbocycles. The van der Waals surface area contributed by atoms with Gasteiger partial charge in [0.15, 0.2) is 0 Å². The maximum absolute atomic E-state index is 10.8. The third kappa shape index (κ3) is 16.8. The number of amides is 2. The van der Waals surface area contributed by atoms with Crippen molar-refractivity contribution in [1.29, 1.82) is 0 Å². The zero-order chi connectivity index (χ0) is 16.5. The van der Waals surface area contributed by atoms with Crippen molar-refractivity contribution >= 4 is 11.8 Å². The fourth-order valence-corrected chi connectivity index (χ4v) is 1.30. The van der Waals surface area contributed by atoms with Gasteiger partial charge in [-0.15, -0.1) is 0 Å². The van der Waals surface area contributed by atoms with Crippen molar-refractivity contribution in [3.8, 4) is 0 Å². The van der Waals surface area contributed by atoms with Crippen LogP contribution < -0.4 is 16.6 Å². The SMILES string of the molecule is CC(=O)NCCOCCOCCOCCOCCC(=O)NN. The summed E-state index contributed by atoms with van der Waals surface area (Å²) in [6.45, 7) is 5.53. The van der Waals surface area contributed by atoms with Crippen LogP contribution in [-0.2, 0) is 28.5 Å². The van der Waals surface area contributed by atoms with Gasteiger partial charge in [0.05, 0.1) is 59.3 Å². The molecule has 9 heteroatoms. The van der Waals surface area contributed by atoms with E-state index < -0.39 is 0 Å². The number of hydrogen-bond acceptors (Lipinski definition) is 7. The summed E-state index contributed by atoms with van der Waals surface area (Å²) in [7, 11) is 0. The van der Waals surface area contributed by atoms with Crippen LogP contribution in [0, 0.1) is 0 Å². The lowest BCUT2D eigenvalue weighted by Crippen LogP contribution is -2.30. The summed E-state index contributed by atoms with van der Waals surface area (Å²) < 4.78 is 21.0. The molecule has 0 aromatic rings. The van der Waals surface area contributed by atoms with E-state index in [2.05, 4.69) is 5.32 Å². The van der Waals surface area contributed by atoms with Gasteiger partial charge in [0.25, 0.3) is 0 Å². The Balaban J connectivity index is 3.02. The Hall–Kier alpha value is -1.26. The van der Waals surface area contributed by atoms with Gasteiger partial charge in [-0.2, -0.15) is 0 Å². The minimum absolute atomic E-state index is 0.0661. The first-order chi connectivity index (χ1) is 10.7. The molecule has 0 aromatic carbocycles. The van der Waals surface area contributed by atoms with Gasteiger partial charge >= 0.3 is 0 Å². The van der Waals surface area contributed by atoms with Gasteiger partial charge in [-0.3, -0.25) is 15.0 Å². The van der Waals surface area contributed by atoms with Gasteiger partial charge in [-0.1, -0.05) is 0 Å². The molecule has 4 N–H and O–H groups in total. The predicted molar refractivity (Wildman–Crippen MR) is 78.9 cm³/mol. The second-order valence-electron chi connectivity index (χ2n) is 4.25. The molecule has 0 aliphatic heterocycles. The molecular weight excluding hydrogens is 294 g/mol. The summed E-state index contributed by atoms with van der Waals surface area (Å²) in [5.41, 5.74) is 2.02. The number of hydrogen-bond donors (Lipinski definition) is 3. The average molecular weight is 321 g/mol. The van der Waals surface area contributed by atoms with Gasteiger partial charge in [0, 0.05) is 13.5 Å². The number of ether oxygens (including phenoxy) is 4. The summed E-state index contributed by atoms with van der Waals surface area (Å²) in [6, 6.07) is 0. The zero-order valence-electron chi connectivity index (χ0n) is 13.1. The van der Waals surface area contributed by atoms with Gasteiger partial charge in [-0.25, -0.2) is 5.84 Å². The van der Waals surface area contributed by atoms with Crippen molar-refractivity contribution in [1.82, 2.24) is 10.7 Å². The number of carbonyl (C=O) groups excluding carboxylic acids is 2. The second kappa shape index (κ2) is 16.1. The van der Waals surface area contributed by atoms with Crippen molar-refractivity contribution < 1.29 is 28.5 Å². The lowest BCUT2D eigenvalue weighted by Gasteiger charge is -2.07. The zero-order valence-corrected chi connectivity index (χ0v) is 13.1. The number of carbonyl (C=O) groups is 2. The number of hydrazine groups is 1. The van der Waals surface area contributed by atoms with Gasteiger partial charge < -0.3 is 24.3 Å². The third-order valence-corrected chi connectivity index (χ3v) is 2.37. The van der Waals surface area contributed by atoms with Gasteiger partial charge in [0.2, 0.25) is 11.8 Å². The van der Waals surface area contributed by atoms with Crippen LogP contribution in [0.3, 0.4) is 0 Å². The Bertz CT molecular complexity index is 291. The molecule has 0 saturated heterocycles. The van der Waals surface area contributed by atoms with Crippen LogP contribution in [0.15, 0.2) is 0 Å². The highest BCUT2D eigenvalue weighted by Gasteiger charge is 1.97. The Labute approximate surface area is 130 Å². The lowest BCUT2D eigenvalue weighted by molar-refractivity contribution is -0.122. The Morgan fingerprint density at radius 1 is 0.818 bits per heavy atom. The molecule has 0 aliphatic rings.